The van der Waals surface area contributed by atoms with Crippen molar-refractivity contribution in [3.05, 3.63) is 29.6 Å². The van der Waals surface area contributed by atoms with Gasteiger partial charge in [0, 0.05) is 13.2 Å². The fourth-order valence-electron chi connectivity index (χ4n) is 1.50. The maximum atomic E-state index is 5.02. The molecule has 0 unspecified atom stereocenters. The molecule has 2 N–H and O–H groups in total. The number of hydrogen-bond acceptors (Lipinski definition) is 7. The Balaban J connectivity index is 2.13. The number of rotatable bonds is 5. The van der Waals surface area contributed by atoms with Crippen molar-refractivity contribution in [2.24, 2.45) is 0 Å². The summed E-state index contributed by atoms with van der Waals surface area (Å²) < 4.78 is 5.02. The topological polar surface area (TPSA) is 84.9 Å². The van der Waals surface area contributed by atoms with Crippen LogP contribution in [-0.2, 0) is 6.54 Å². The molecular formula is C12H16N6O. The number of anilines is 2. The Morgan fingerprint density at radius 3 is 2.68 bits per heavy atom. The van der Waals surface area contributed by atoms with Crippen molar-refractivity contribution in [2.45, 2.75) is 13.5 Å². The first-order valence-electron chi connectivity index (χ1n) is 5.85. The van der Waals surface area contributed by atoms with Gasteiger partial charge in [-0.1, -0.05) is 6.07 Å². The Morgan fingerprint density at radius 1 is 1.21 bits per heavy atom. The van der Waals surface area contributed by atoms with Gasteiger partial charge >= 0.3 is 6.01 Å². The van der Waals surface area contributed by atoms with Gasteiger partial charge in [0.15, 0.2) is 0 Å². The maximum Gasteiger partial charge on any atom is 0.322 e. The third-order valence-corrected chi connectivity index (χ3v) is 2.55. The van der Waals surface area contributed by atoms with Gasteiger partial charge in [0.05, 0.1) is 19.3 Å². The smallest absolute Gasteiger partial charge is 0.322 e. The van der Waals surface area contributed by atoms with E-state index in [-0.39, 0.29) is 6.01 Å². The number of nitrogens with one attached hydrogen (secondary N) is 2. The van der Waals surface area contributed by atoms with E-state index in [4.69, 9.17) is 4.74 Å². The molecular weight excluding hydrogens is 244 g/mol. The predicted octanol–water partition coefficient (Wildman–Crippen LogP) is 1.24. The van der Waals surface area contributed by atoms with E-state index in [1.807, 2.05) is 19.1 Å². The number of nitrogens with zero attached hydrogens (tertiary/aromatic N) is 4. The lowest BCUT2D eigenvalue weighted by atomic mass is 10.2. The van der Waals surface area contributed by atoms with Gasteiger partial charge in [0.1, 0.15) is 0 Å². The molecule has 0 saturated carbocycles. The van der Waals surface area contributed by atoms with E-state index in [1.165, 1.54) is 7.11 Å². The lowest BCUT2D eigenvalue weighted by Gasteiger charge is -2.08. The van der Waals surface area contributed by atoms with Crippen molar-refractivity contribution in [1.29, 1.82) is 0 Å². The zero-order chi connectivity index (χ0) is 13.7. The maximum absolute atomic E-state index is 5.02. The fourth-order valence-corrected chi connectivity index (χ4v) is 1.50. The van der Waals surface area contributed by atoms with Gasteiger partial charge in [-0.25, -0.2) is 0 Å². The number of aromatic nitrogens is 4. The third kappa shape index (κ3) is 3.27. The van der Waals surface area contributed by atoms with Gasteiger partial charge in [-0.05, 0) is 18.6 Å². The normalized spacial score (nSPS) is 10.1. The zero-order valence-electron chi connectivity index (χ0n) is 11.1. The molecule has 0 spiro atoms. The Morgan fingerprint density at radius 2 is 2.00 bits per heavy atom. The number of pyridine rings is 1. The molecule has 7 heteroatoms. The molecule has 2 heterocycles. The van der Waals surface area contributed by atoms with Crippen LogP contribution in [0.4, 0.5) is 11.9 Å². The second-order valence-electron chi connectivity index (χ2n) is 3.84. The Hall–Kier alpha value is -2.44. The molecule has 0 amide bonds. The highest BCUT2D eigenvalue weighted by molar-refractivity contribution is 5.36. The summed E-state index contributed by atoms with van der Waals surface area (Å²) in [5.74, 6) is 0.897. The van der Waals surface area contributed by atoms with Crippen LogP contribution in [0.3, 0.4) is 0 Å². The van der Waals surface area contributed by atoms with E-state index in [2.05, 4.69) is 30.6 Å². The summed E-state index contributed by atoms with van der Waals surface area (Å²) in [5.41, 5.74) is 2.07. The summed E-state index contributed by atoms with van der Waals surface area (Å²) in [4.78, 5) is 16.6. The molecule has 2 rings (SSSR count). The molecule has 0 atom stereocenters. The third-order valence-electron chi connectivity index (χ3n) is 2.55. The molecule has 0 fully saturated rings. The molecule has 0 aliphatic carbocycles. The highest BCUT2D eigenvalue weighted by Crippen LogP contribution is 2.11. The minimum atomic E-state index is 0.264. The SMILES string of the molecule is CNc1nc(NCc2ncccc2C)nc(OC)n1. The van der Waals surface area contributed by atoms with Crippen LogP contribution in [0.1, 0.15) is 11.3 Å². The van der Waals surface area contributed by atoms with Crippen molar-refractivity contribution < 1.29 is 4.74 Å². The van der Waals surface area contributed by atoms with Crippen molar-refractivity contribution in [3.8, 4) is 6.01 Å². The second kappa shape index (κ2) is 5.94. The number of ether oxygens (including phenoxy) is 1. The van der Waals surface area contributed by atoms with Crippen LogP contribution in [0.2, 0.25) is 0 Å². The molecule has 0 aliphatic rings. The van der Waals surface area contributed by atoms with Gasteiger partial charge < -0.3 is 15.4 Å². The van der Waals surface area contributed by atoms with Crippen LogP contribution in [0.5, 0.6) is 6.01 Å². The van der Waals surface area contributed by atoms with E-state index in [0.29, 0.717) is 18.4 Å². The van der Waals surface area contributed by atoms with Gasteiger partial charge in [-0.15, -0.1) is 0 Å². The lowest BCUT2D eigenvalue weighted by Crippen LogP contribution is -2.09. The molecule has 0 aliphatic heterocycles. The summed E-state index contributed by atoms with van der Waals surface area (Å²) in [6, 6.07) is 4.18. The van der Waals surface area contributed by atoms with E-state index in [1.54, 1.807) is 13.2 Å². The summed E-state index contributed by atoms with van der Waals surface area (Å²) in [6.07, 6.45) is 1.76. The van der Waals surface area contributed by atoms with Crippen LogP contribution < -0.4 is 15.4 Å². The van der Waals surface area contributed by atoms with Crippen molar-refractivity contribution >= 4 is 11.9 Å². The first-order chi connectivity index (χ1) is 9.22. The first-order valence-corrected chi connectivity index (χ1v) is 5.85. The standard InChI is InChI=1S/C12H16N6O/c1-8-5-4-6-14-9(8)7-15-11-16-10(13-2)17-12(18-11)19-3/h4-6H,7H2,1-3H3,(H2,13,15,16,17,18). The molecule has 0 saturated heterocycles. The van der Waals surface area contributed by atoms with Gasteiger partial charge in [-0.3, -0.25) is 4.98 Å². The minimum Gasteiger partial charge on any atom is -0.467 e. The van der Waals surface area contributed by atoms with Gasteiger partial charge in [0.2, 0.25) is 11.9 Å². The lowest BCUT2D eigenvalue weighted by molar-refractivity contribution is 0.379. The highest BCUT2D eigenvalue weighted by Gasteiger charge is 2.06. The molecule has 100 valence electrons. The Labute approximate surface area is 111 Å². The molecule has 7 nitrogen and oxygen atoms in total. The summed E-state index contributed by atoms with van der Waals surface area (Å²) >= 11 is 0. The largest absolute Gasteiger partial charge is 0.467 e. The highest BCUT2D eigenvalue weighted by atomic mass is 16.5. The predicted molar refractivity (Wildman–Crippen MR) is 72.2 cm³/mol. The summed E-state index contributed by atoms with van der Waals surface area (Å²) in [6.45, 7) is 2.56. The van der Waals surface area contributed by atoms with Crippen molar-refractivity contribution in [2.75, 3.05) is 24.8 Å². The Bertz CT molecular complexity index is 537. The van der Waals surface area contributed by atoms with Crippen LogP contribution in [0, 0.1) is 6.92 Å². The molecule has 0 aromatic carbocycles. The van der Waals surface area contributed by atoms with Crippen molar-refractivity contribution in [1.82, 2.24) is 19.9 Å². The van der Waals surface area contributed by atoms with Crippen LogP contribution >= 0.6 is 0 Å². The summed E-state index contributed by atoms with van der Waals surface area (Å²) in [5, 5.41) is 5.96. The number of aryl methyl sites for hydroxylation is 1. The van der Waals surface area contributed by atoms with E-state index >= 15 is 0 Å². The first kappa shape index (κ1) is 13.0. The second-order valence-corrected chi connectivity index (χ2v) is 3.84. The van der Waals surface area contributed by atoms with E-state index in [0.717, 1.165) is 11.3 Å². The van der Waals surface area contributed by atoms with E-state index < -0.39 is 0 Å². The minimum absolute atomic E-state index is 0.264. The van der Waals surface area contributed by atoms with Crippen LogP contribution in [-0.4, -0.2) is 34.1 Å². The summed E-state index contributed by atoms with van der Waals surface area (Å²) in [7, 11) is 3.25. The van der Waals surface area contributed by atoms with Gasteiger partial charge in [-0.2, -0.15) is 15.0 Å². The Kier molecular flexibility index (Phi) is 4.07. The van der Waals surface area contributed by atoms with Gasteiger partial charge in [0.25, 0.3) is 0 Å². The monoisotopic (exact) mass is 260 g/mol. The number of methoxy groups -OCH3 is 1. The molecule has 0 bridgehead atoms. The fraction of sp³-hybridized carbons (Fsp3) is 0.333. The molecule has 0 radical (unpaired) electrons. The number of hydrogen-bond donors (Lipinski definition) is 2. The van der Waals surface area contributed by atoms with Crippen LogP contribution in [0.25, 0.3) is 0 Å². The zero-order valence-corrected chi connectivity index (χ0v) is 11.1. The van der Waals surface area contributed by atoms with E-state index in [9.17, 15) is 0 Å². The van der Waals surface area contributed by atoms with Crippen LogP contribution in [0.15, 0.2) is 18.3 Å². The average Bonchev–Trinajstić information content (AvgIpc) is 2.46. The quantitative estimate of drug-likeness (QED) is 0.836. The molecule has 19 heavy (non-hydrogen) atoms. The molecule has 2 aromatic rings. The molecule has 2 aromatic heterocycles. The average molecular weight is 260 g/mol. The van der Waals surface area contributed by atoms with Crippen molar-refractivity contribution in [3.63, 3.8) is 0 Å².